The van der Waals surface area contributed by atoms with Crippen LogP contribution in [-0.2, 0) is 14.3 Å². The summed E-state index contributed by atoms with van der Waals surface area (Å²) in [6.45, 7) is 5.79. The molecule has 3 aromatic rings. The van der Waals surface area contributed by atoms with Crippen LogP contribution in [0, 0.1) is 19.7 Å². The molecule has 1 unspecified atom stereocenters. The Kier molecular flexibility index (Phi) is 7.40. The number of benzene rings is 2. The molecule has 4 rings (SSSR count). The lowest BCUT2D eigenvalue weighted by molar-refractivity contribution is -0.132. The number of thiazole rings is 1. The predicted molar refractivity (Wildman–Crippen MR) is 136 cm³/mol. The standard InChI is InChI=1S/C27H25FN2O6S/c1-5-12-36-16-10-11-17(14(2)13-16)22(31)20-21(18-8-6-7-9-19(18)28)30(25(33)23(20)32)27-29-15(3)24(37-27)26(34)35-4/h6-11,13,21,31H,5,12H2,1-4H3/b22-20-. The maximum absolute atomic E-state index is 15.1. The number of ether oxygens (including phenoxy) is 2. The molecule has 0 saturated carbocycles. The number of hydrogen-bond donors (Lipinski definition) is 1. The highest BCUT2D eigenvalue weighted by Crippen LogP contribution is 2.45. The molecule has 10 heteroatoms. The Labute approximate surface area is 217 Å². The second kappa shape index (κ2) is 10.5. The average molecular weight is 525 g/mol. The lowest BCUT2D eigenvalue weighted by atomic mass is 9.93. The largest absolute Gasteiger partial charge is 0.507 e. The molecular formula is C27H25FN2O6S. The number of carbonyl (C=O) groups excluding carboxylic acids is 3. The number of amides is 1. The van der Waals surface area contributed by atoms with Gasteiger partial charge in [-0.2, -0.15) is 0 Å². The van der Waals surface area contributed by atoms with Crippen LogP contribution in [-0.4, -0.2) is 41.5 Å². The minimum absolute atomic E-state index is 0.00345. The fourth-order valence-corrected chi connectivity index (χ4v) is 5.16. The predicted octanol–water partition coefficient (Wildman–Crippen LogP) is 5.10. The third kappa shape index (κ3) is 4.72. The lowest BCUT2D eigenvalue weighted by Gasteiger charge is -2.23. The van der Waals surface area contributed by atoms with E-state index in [1.807, 2.05) is 6.92 Å². The summed E-state index contributed by atoms with van der Waals surface area (Å²) in [5, 5.41) is 11.4. The second-order valence-corrected chi connectivity index (χ2v) is 9.40. The molecule has 1 aromatic heterocycles. The van der Waals surface area contributed by atoms with Crippen molar-refractivity contribution in [3.8, 4) is 5.75 Å². The summed E-state index contributed by atoms with van der Waals surface area (Å²) >= 11 is 0.846. The first-order valence-corrected chi connectivity index (χ1v) is 12.4. The first-order valence-electron chi connectivity index (χ1n) is 11.5. The Balaban J connectivity index is 1.91. The molecule has 1 aliphatic rings. The van der Waals surface area contributed by atoms with Crippen molar-refractivity contribution in [2.24, 2.45) is 0 Å². The van der Waals surface area contributed by atoms with Gasteiger partial charge in [0.1, 0.15) is 28.2 Å². The van der Waals surface area contributed by atoms with Gasteiger partial charge < -0.3 is 14.6 Å². The van der Waals surface area contributed by atoms with Gasteiger partial charge in [-0.25, -0.2) is 14.2 Å². The minimum atomic E-state index is -1.31. The molecule has 1 amide bonds. The summed E-state index contributed by atoms with van der Waals surface area (Å²) in [5.41, 5.74) is 0.903. The van der Waals surface area contributed by atoms with Crippen molar-refractivity contribution in [3.63, 3.8) is 0 Å². The number of hydrogen-bond acceptors (Lipinski definition) is 8. The van der Waals surface area contributed by atoms with Gasteiger partial charge in [-0.05, 0) is 50.1 Å². The van der Waals surface area contributed by atoms with E-state index >= 15 is 4.39 Å². The second-order valence-electron chi connectivity index (χ2n) is 8.42. The van der Waals surface area contributed by atoms with E-state index in [0.717, 1.165) is 22.7 Å². The van der Waals surface area contributed by atoms with E-state index in [2.05, 4.69) is 4.98 Å². The maximum atomic E-state index is 15.1. The van der Waals surface area contributed by atoms with Gasteiger partial charge >= 0.3 is 11.9 Å². The van der Waals surface area contributed by atoms with Crippen LogP contribution in [0.25, 0.3) is 5.76 Å². The summed E-state index contributed by atoms with van der Waals surface area (Å²) in [5.74, 6) is -3.18. The van der Waals surface area contributed by atoms with Crippen molar-refractivity contribution in [2.45, 2.75) is 33.2 Å². The monoisotopic (exact) mass is 524 g/mol. The number of carbonyl (C=O) groups is 3. The van der Waals surface area contributed by atoms with Gasteiger partial charge in [-0.15, -0.1) is 0 Å². The van der Waals surface area contributed by atoms with E-state index in [9.17, 15) is 19.5 Å². The van der Waals surface area contributed by atoms with E-state index < -0.39 is 35.3 Å². The van der Waals surface area contributed by atoms with Crippen molar-refractivity contribution in [2.75, 3.05) is 18.6 Å². The van der Waals surface area contributed by atoms with Gasteiger partial charge in [0.15, 0.2) is 5.13 Å². The number of aryl methyl sites for hydroxylation is 2. The number of anilines is 1. The zero-order valence-corrected chi connectivity index (χ0v) is 21.5. The van der Waals surface area contributed by atoms with Gasteiger partial charge in [-0.1, -0.05) is 36.5 Å². The number of esters is 1. The molecule has 1 N–H and O–H groups in total. The van der Waals surface area contributed by atoms with Crippen molar-refractivity contribution in [3.05, 3.63) is 81.1 Å². The molecule has 0 aliphatic carbocycles. The lowest BCUT2D eigenvalue weighted by Crippen LogP contribution is -2.29. The van der Waals surface area contributed by atoms with Crippen LogP contribution in [0.4, 0.5) is 9.52 Å². The SMILES string of the molecule is CCCOc1ccc(/C(O)=C2/C(=O)C(=O)N(c3nc(C)c(C(=O)OC)s3)C2c2ccccc2F)c(C)c1. The highest BCUT2D eigenvalue weighted by atomic mass is 32.1. The Morgan fingerprint density at radius 2 is 1.92 bits per heavy atom. The van der Waals surface area contributed by atoms with Crippen molar-refractivity contribution >= 4 is 39.9 Å². The van der Waals surface area contributed by atoms with Crippen LogP contribution in [0.3, 0.4) is 0 Å². The molecule has 0 spiro atoms. The molecule has 8 nitrogen and oxygen atoms in total. The molecule has 2 heterocycles. The summed E-state index contributed by atoms with van der Waals surface area (Å²) < 4.78 is 25.5. The van der Waals surface area contributed by atoms with Crippen LogP contribution in [0.1, 0.15) is 51.4 Å². The number of rotatable bonds is 7. The molecule has 0 radical (unpaired) electrons. The van der Waals surface area contributed by atoms with Crippen LogP contribution >= 0.6 is 11.3 Å². The Hall–Kier alpha value is -4.05. The van der Waals surface area contributed by atoms with E-state index in [1.54, 1.807) is 38.1 Å². The highest BCUT2D eigenvalue weighted by Gasteiger charge is 2.49. The summed E-state index contributed by atoms with van der Waals surface area (Å²) in [4.78, 5) is 44.3. The average Bonchev–Trinajstić information content (AvgIpc) is 3.38. The van der Waals surface area contributed by atoms with Crippen LogP contribution in [0.15, 0.2) is 48.0 Å². The molecule has 0 bridgehead atoms. The first kappa shape index (κ1) is 26.0. The number of aliphatic hydroxyl groups excluding tert-OH is 1. The van der Waals surface area contributed by atoms with Crippen LogP contribution < -0.4 is 9.64 Å². The Bertz CT molecular complexity index is 1430. The molecule has 37 heavy (non-hydrogen) atoms. The van der Waals surface area contributed by atoms with Gasteiger partial charge in [-0.3, -0.25) is 14.5 Å². The zero-order valence-electron chi connectivity index (χ0n) is 20.7. The molecule has 1 aliphatic heterocycles. The Morgan fingerprint density at radius 3 is 2.57 bits per heavy atom. The first-order chi connectivity index (χ1) is 17.7. The fourth-order valence-electron chi connectivity index (χ4n) is 4.14. The third-order valence-electron chi connectivity index (χ3n) is 5.93. The topological polar surface area (TPSA) is 106 Å². The maximum Gasteiger partial charge on any atom is 0.350 e. The number of aliphatic hydroxyl groups is 1. The highest BCUT2D eigenvalue weighted by molar-refractivity contribution is 7.17. The quantitative estimate of drug-likeness (QED) is 0.198. The van der Waals surface area contributed by atoms with Gasteiger partial charge in [0, 0.05) is 11.1 Å². The van der Waals surface area contributed by atoms with Crippen LogP contribution in [0.5, 0.6) is 5.75 Å². The fraction of sp³-hybridized carbons (Fsp3) is 0.259. The van der Waals surface area contributed by atoms with E-state index in [4.69, 9.17) is 9.47 Å². The molecule has 192 valence electrons. The number of aromatic nitrogens is 1. The number of halogens is 1. The number of nitrogens with zero attached hydrogens (tertiary/aromatic N) is 2. The molecule has 1 atom stereocenters. The number of ketones is 1. The van der Waals surface area contributed by atoms with Gasteiger partial charge in [0.25, 0.3) is 5.78 Å². The van der Waals surface area contributed by atoms with Gasteiger partial charge in [0.2, 0.25) is 0 Å². The summed E-state index contributed by atoms with van der Waals surface area (Å²) in [6, 6.07) is 9.32. The van der Waals surface area contributed by atoms with Gasteiger partial charge in [0.05, 0.1) is 25.0 Å². The molecule has 1 saturated heterocycles. The minimum Gasteiger partial charge on any atom is -0.507 e. The zero-order chi connectivity index (χ0) is 26.9. The number of methoxy groups -OCH3 is 1. The van der Waals surface area contributed by atoms with E-state index in [0.29, 0.717) is 29.2 Å². The summed E-state index contributed by atoms with van der Waals surface area (Å²) in [7, 11) is 1.22. The number of Topliss-reactive ketones (excluding diaryl/α,β-unsaturated/α-hetero) is 1. The molecule has 2 aromatic carbocycles. The smallest absolute Gasteiger partial charge is 0.350 e. The molecular weight excluding hydrogens is 499 g/mol. The van der Waals surface area contributed by atoms with Crippen molar-refractivity contribution < 1.29 is 33.4 Å². The Morgan fingerprint density at radius 1 is 1.19 bits per heavy atom. The third-order valence-corrected chi connectivity index (χ3v) is 7.07. The molecule has 1 fully saturated rings. The van der Waals surface area contributed by atoms with Crippen LogP contribution in [0.2, 0.25) is 0 Å². The van der Waals surface area contributed by atoms with Crippen molar-refractivity contribution in [1.29, 1.82) is 0 Å². The van der Waals surface area contributed by atoms with E-state index in [-0.39, 0.29) is 21.1 Å². The normalized spacial score (nSPS) is 16.8. The van der Waals surface area contributed by atoms with Crippen molar-refractivity contribution in [1.82, 2.24) is 4.98 Å². The van der Waals surface area contributed by atoms with E-state index in [1.165, 1.54) is 25.3 Å². The summed E-state index contributed by atoms with van der Waals surface area (Å²) in [6.07, 6.45) is 0.820.